The van der Waals surface area contributed by atoms with Gasteiger partial charge in [0.05, 0.1) is 12.0 Å². The molecule has 2 atom stereocenters. The van der Waals surface area contributed by atoms with E-state index >= 15 is 0 Å². The molecule has 2 N–H and O–H groups in total. The molecule has 1 heterocycles. The predicted molar refractivity (Wildman–Crippen MR) is 66.8 cm³/mol. The number of carbonyl (C=O) groups is 2. The van der Waals surface area contributed by atoms with Crippen LogP contribution in [0.1, 0.15) is 30.0 Å². The topological polar surface area (TPSA) is 58.2 Å². The van der Waals surface area contributed by atoms with Crippen LogP contribution in [0.2, 0.25) is 0 Å². The lowest BCUT2D eigenvalue weighted by molar-refractivity contribution is -0.127. The van der Waals surface area contributed by atoms with Gasteiger partial charge < -0.3 is 10.6 Å². The summed E-state index contributed by atoms with van der Waals surface area (Å²) in [7, 11) is 0. The normalized spacial score (nSPS) is 25.7. The van der Waals surface area contributed by atoms with Crippen LogP contribution < -0.4 is 10.6 Å². The minimum Gasteiger partial charge on any atom is -0.355 e. The molecule has 1 aliphatic heterocycles. The summed E-state index contributed by atoms with van der Waals surface area (Å²) in [6.45, 7) is 0.471. The van der Waals surface area contributed by atoms with E-state index in [2.05, 4.69) is 22.8 Å². The number of rotatable bonds is 2. The zero-order valence-corrected chi connectivity index (χ0v) is 10.1. The minimum atomic E-state index is -0.203. The Morgan fingerprint density at radius 3 is 2.94 bits per heavy atom. The Morgan fingerprint density at radius 1 is 1.33 bits per heavy atom. The quantitative estimate of drug-likeness (QED) is 0.813. The summed E-state index contributed by atoms with van der Waals surface area (Å²) in [6, 6.07) is 8.34. The van der Waals surface area contributed by atoms with Gasteiger partial charge in [-0.2, -0.15) is 0 Å². The van der Waals surface area contributed by atoms with Gasteiger partial charge in [-0.05, 0) is 24.0 Å². The predicted octanol–water partition coefficient (Wildman–Crippen LogP) is 0.926. The fraction of sp³-hybridized carbons (Fsp3) is 0.429. The molecule has 1 aromatic carbocycles. The fourth-order valence-electron chi connectivity index (χ4n) is 2.79. The molecule has 94 valence electrons. The van der Waals surface area contributed by atoms with E-state index in [1.807, 2.05) is 12.1 Å². The molecule has 2 amide bonds. The van der Waals surface area contributed by atoms with Gasteiger partial charge in [0.1, 0.15) is 0 Å². The van der Waals surface area contributed by atoms with Crippen LogP contribution in [-0.2, 0) is 16.0 Å². The van der Waals surface area contributed by atoms with Gasteiger partial charge in [0.2, 0.25) is 11.8 Å². The van der Waals surface area contributed by atoms with Gasteiger partial charge in [-0.1, -0.05) is 24.3 Å². The SMILES string of the molecule is O=C1CC(C(=O)NC2CCc3ccccc32)CN1. The first-order valence-corrected chi connectivity index (χ1v) is 6.39. The molecule has 4 heteroatoms. The zero-order chi connectivity index (χ0) is 12.5. The van der Waals surface area contributed by atoms with E-state index in [4.69, 9.17) is 0 Å². The highest BCUT2D eigenvalue weighted by Gasteiger charge is 2.31. The number of amides is 2. The van der Waals surface area contributed by atoms with Crippen molar-refractivity contribution >= 4 is 11.8 Å². The molecule has 0 aromatic heterocycles. The molecule has 0 saturated carbocycles. The van der Waals surface area contributed by atoms with Crippen molar-refractivity contribution in [1.29, 1.82) is 0 Å². The van der Waals surface area contributed by atoms with E-state index < -0.39 is 0 Å². The first-order valence-electron chi connectivity index (χ1n) is 6.39. The largest absolute Gasteiger partial charge is 0.355 e. The second kappa shape index (κ2) is 4.44. The van der Waals surface area contributed by atoms with Crippen molar-refractivity contribution in [3.8, 4) is 0 Å². The lowest BCUT2D eigenvalue weighted by atomic mass is 10.1. The van der Waals surface area contributed by atoms with Crippen LogP contribution in [-0.4, -0.2) is 18.4 Å². The summed E-state index contributed by atoms with van der Waals surface area (Å²) >= 11 is 0. The Balaban J connectivity index is 1.68. The van der Waals surface area contributed by atoms with Gasteiger partial charge in [0, 0.05) is 13.0 Å². The summed E-state index contributed by atoms with van der Waals surface area (Å²) in [5.74, 6) is -0.234. The molecule has 1 aliphatic carbocycles. The Hall–Kier alpha value is -1.84. The Labute approximate surface area is 106 Å². The third-order valence-corrected chi connectivity index (χ3v) is 3.80. The van der Waals surface area contributed by atoms with Gasteiger partial charge in [-0.25, -0.2) is 0 Å². The highest BCUT2D eigenvalue weighted by Crippen LogP contribution is 2.31. The summed E-state index contributed by atoms with van der Waals surface area (Å²) in [5.41, 5.74) is 2.55. The molecule has 0 bridgehead atoms. The standard InChI is InChI=1S/C14H16N2O2/c17-13-7-10(8-15-13)14(18)16-12-6-5-9-3-1-2-4-11(9)12/h1-4,10,12H,5-8H2,(H,15,17)(H,16,18). The van der Waals surface area contributed by atoms with Crippen molar-refractivity contribution in [2.45, 2.75) is 25.3 Å². The van der Waals surface area contributed by atoms with Gasteiger partial charge in [0.25, 0.3) is 0 Å². The third-order valence-electron chi connectivity index (χ3n) is 3.80. The van der Waals surface area contributed by atoms with Crippen LogP contribution in [0.4, 0.5) is 0 Å². The number of hydrogen-bond acceptors (Lipinski definition) is 2. The molecular formula is C14H16N2O2. The summed E-state index contributed by atoms with van der Waals surface area (Å²) in [5, 5.41) is 5.76. The molecule has 1 saturated heterocycles. The van der Waals surface area contributed by atoms with Gasteiger partial charge in [-0.3, -0.25) is 9.59 Å². The Kier molecular flexibility index (Phi) is 2.78. The number of benzene rings is 1. The summed E-state index contributed by atoms with van der Waals surface area (Å²) in [6.07, 6.45) is 2.29. The second-order valence-electron chi connectivity index (χ2n) is 5.00. The van der Waals surface area contributed by atoms with Crippen LogP contribution >= 0.6 is 0 Å². The van der Waals surface area contributed by atoms with E-state index in [9.17, 15) is 9.59 Å². The number of hydrogen-bond donors (Lipinski definition) is 2. The first kappa shape index (κ1) is 11.3. The molecule has 1 fully saturated rings. The maximum absolute atomic E-state index is 12.1. The van der Waals surface area contributed by atoms with Crippen LogP contribution in [0, 0.1) is 5.92 Å². The van der Waals surface area contributed by atoms with E-state index in [1.165, 1.54) is 11.1 Å². The zero-order valence-electron chi connectivity index (χ0n) is 10.1. The Morgan fingerprint density at radius 2 is 2.17 bits per heavy atom. The van der Waals surface area contributed by atoms with Crippen molar-refractivity contribution in [3.05, 3.63) is 35.4 Å². The molecule has 0 spiro atoms. The van der Waals surface area contributed by atoms with Crippen molar-refractivity contribution in [2.24, 2.45) is 5.92 Å². The van der Waals surface area contributed by atoms with Crippen LogP contribution in [0.5, 0.6) is 0 Å². The monoisotopic (exact) mass is 244 g/mol. The van der Waals surface area contributed by atoms with Gasteiger partial charge in [0.15, 0.2) is 0 Å². The maximum Gasteiger partial charge on any atom is 0.225 e. The van der Waals surface area contributed by atoms with Gasteiger partial charge in [-0.15, -0.1) is 0 Å². The van der Waals surface area contributed by atoms with E-state index in [0.717, 1.165) is 12.8 Å². The molecule has 2 aliphatic rings. The maximum atomic E-state index is 12.1. The van der Waals surface area contributed by atoms with Crippen molar-refractivity contribution in [1.82, 2.24) is 10.6 Å². The van der Waals surface area contributed by atoms with Crippen LogP contribution in [0.3, 0.4) is 0 Å². The van der Waals surface area contributed by atoms with E-state index in [-0.39, 0.29) is 23.8 Å². The van der Waals surface area contributed by atoms with Crippen molar-refractivity contribution < 1.29 is 9.59 Å². The summed E-state index contributed by atoms with van der Waals surface area (Å²) in [4.78, 5) is 23.2. The van der Waals surface area contributed by atoms with E-state index in [1.54, 1.807) is 0 Å². The highest BCUT2D eigenvalue weighted by molar-refractivity contribution is 5.89. The third kappa shape index (κ3) is 1.98. The lowest BCUT2D eigenvalue weighted by Crippen LogP contribution is -2.34. The van der Waals surface area contributed by atoms with Crippen molar-refractivity contribution in [2.75, 3.05) is 6.54 Å². The minimum absolute atomic E-state index is 0.00458. The second-order valence-corrected chi connectivity index (χ2v) is 5.00. The number of carbonyl (C=O) groups excluding carboxylic acids is 2. The number of nitrogens with one attached hydrogen (secondary N) is 2. The average Bonchev–Trinajstić information content (AvgIpc) is 2.97. The van der Waals surface area contributed by atoms with E-state index in [0.29, 0.717) is 13.0 Å². The average molecular weight is 244 g/mol. The van der Waals surface area contributed by atoms with Gasteiger partial charge >= 0.3 is 0 Å². The molecule has 18 heavy (non-hydrogen) atoms. The smallest absolute Gasteiger partial charge is 0.225 e. The molecule has 3 rings (SSSR count). The Bertz CT molecular complexity index is 498. The number of fused-ring (bicyclic) bond motifs is 1. The number of aryl methyl sites for hydroxylation is 1. The van der Waals surface area contributed by atoms with Crippen LogP contribution in [0.25, 0.3) is 0 Å². The first-order chi connectivity index (χ1) is 8.74. The molecular weight excluding hydrogens is 228 g/mol. The summed E-state index contributed by atoms with van der Waals surface area (Å²) < 4.78 is 0. The molecule has 2 unspecified atom stereocenters. The molecule has 1 aromatic rings. The van der Waals surface area contributed by atoms with Crippen molar-refractivity contribution in [3.63, 3.8) is 0 Å². The van der Waals surface area contributed by atoms with Crippen LogP contribution in [0.15, 0.2) is 24.3 Å². The fourth-order valence-corrected chi connectivity index (χ4v) is 2.79. The highest BCUT2D eigenvalue weighted by atomic mass is 16.2. The lowest BCUT2D eigenvalue weighted by Gasteiger charge is -2.16. The molecule has 0 radical (unpaired) electrons. The molecule has 4 nitrogen and oxygen atoms in total.